The molecule has 0 amide bonds. The number of aliphatic hydroxyl groups excluding tert-OH is 1. The molecule has 1 unspecified atom stereocenters. The molecule has 0 spiro atoms. The lowest BCUT2D eigenvalue weighted by Gasteiger charge is -2.01. The van der Waals surface area contributed by atoms with Crippen LogP contribution in [0.3, 0.4) is 0 Å². The minimum absolute atomic E-state index is 0.530. The van der Waals surface area contributed by atoms with Crippen LogP contribution in [0.15, 0.2) is 4.99 Å². The maximum Gasteiger partial charge on any atom is 0.141 e. The normalized spacial score (nSPS) is 13.3. The van der Waals surface area contributed by atoms with Gasteiger partial charge in [0.2, 0.25) is 0 Å². The van der Waals surface area contributed by atoms with Gasteiger partial charge in [-0.3, -0.25) is 4.99 Å². The second kappa shape index (κ2) is 14.7. The molecule has 0 saturated carbocycles. The van der Waals surface area contributed by atoms with Gasteiger partial charge in [0, 0.05) is 6.21 Å². The van der Waals surface area contributed by atoms with Crippen LogP contribution in [0.5, 0.6) is 0 Å². The Labute approximate surface area is 114 Å². The van der Waals surface area contributed by atoms with E-state index in [-0.39, 0.29) is 0 Å². The van der Waals surface area contributed by atoms with Crippen LogP contribution >= 0.6 is 0 Å². The van der Waals surface area contributed by atoms with Crippen molar-refractivity contribution in [3.8, 4) is 0 Å². The molecule has 0 aliphatic carbocycles. The predicted molar refractivity (Wildman–Crippen MR) is 81.3 cm³/mol. The maximum atomic E-state index is 8.93. The predicted octanol–water partition coefficient (Wildman–Crippen LogP) is 5.10. The molecule has 108 valence electrons. The molecule has 2 nitrogen and oxygen atoms in total. The van der Waals surface area contributed by atoms with Gasteiger partial charge in [0.05, 0.1) is 0 Å². The van der Waals surface area contributed by atoms with E-state index in [9.17, 15) is 0 Å². The Hall–Kier alpha value is -0.370. The largest absolute Gasteiger partial charge is 0.372 e. The van der Waals surface area contributed by atoms with Crippen LogP contribution in [0.1, 0.15) is 90.9 Å². The molecule has 0 rings (SSSR count). The zero-order valence-electron chi connectivity index (χ0n) is 12.5. The summed E-state index contributed by atoms with van der Waals surface area (Å²) in [5, 5.41) is 8.93. The van der Waals surface area contributed by atoms with Crippen molar-refractivity contribution in [1.82, 2.24) is 0 Å². The van der Waals surface area contributed by atoms with Crippen LogP contribution in [-0.2, 0) is 0 Å². The van der Waals surface area contributed by atoms with Gasteiger partial charge in [0.15, 0.2) is 0 Å². The van der Waals surface area contributed by atoms with E-state index in [1.54, 1.807) is 6.92 Å². The van der Waals surface area contributed by atoms with E-state index in [1.165, 1.54) is 70.6 Å². The van der Waals surface area contributed by atoms with Gasteiger partial charge >= 0.3 is 0 Å². The maximum absolute atomic E-state index is 8.93. The number of hydrogen-bond acceptors (Lipinski definition) is 2. The molecule has 0 saturated heterocycles. The van der Waals surface area contributed by atoms with Gasteiger partial charge in [-0.25, -0.2) is 0 Å². The number of aliphatic imine (C=N–C) groups is 1. The zero-order valence-corrected chi connectivity index (χ0v) is 12.5. The average Bonchev–Trinajstić information content (AvgIpc) is 2.34. The fourth-order valence-electron chi connectivity index (χ4n) is 2.13. The van der Waals surface area contributed by atoms with Gasteiger partial charge in [0.25, 0.3) is 0 Å². The van der Waals surface area contributed by atoms with Crippen molar-refractivity contribution in [1.29, 1.82) is 0 Å². The van der Waals surface area contributed by atoms with Crippen LogP contribution in [0.2, 0.25) is 0 Å². The highest BCUT2D eigenvalue weighted by Gasteiger charge is 1.92. The van der Waals surface area contributed by atoms with Crippen LogP contribution in [0.4, 0.5) is 0 Å². The molecule has 0 bridgehead atoms. The van der Waals surface area contributed by atoms with Gasteiger partial charge in [-0.1, -0.05) is 71.1 Å². The molecular formula is C16H33NO. The van der Waals surface area contributed by atoms with Gasteiger partial charge < -0.3 is 5.11 Å². The zero-order chi connectivity index (χ0) is 13.5. The highest BCUT2D eigenvalue weighted by atomic mass is 16.3. The third-order valence-electron chi connectivity index (χ3n) is 3.26. The Morgan fingerprint density at radius 3 is 1.72 bits per heavy atom. The van der Waals surface area contributed by atoms with E-state index in [0.717, 1.165) is 6.42 Å². The first-order chi connectivity index (χ1) is 8.77. The third-order valence-corrected chi connectivity index (χ3v) is 3.26. The second-order valence-electron chi connectivity index (χ2n) is 5.29. The molecule has 0 aliphatic rings. The Kier molecular flexibility index (Phi) is 14.4. The summed E-state index contributed by atoms with van der Waals surface area (Å²) in [7, 11) is 0. The first-order valence-electron chi connectivity index (χ1n) is 7.97. The second-order valence-corrected chi connectivity index (χ2v) is 5.29. The lowest BCUT2D eigenvalue weighted by molar-refractivity contribution is 0.206. The molecular weight excluding hydrogens is 222 g/mol. The number of rotatable bonds is 13. The lowest BCUT2D eigenvalue weighted by atomic mass is 10.1. The molecule has 0 aromatic heterocycles. The van der Waals surface area contributed by atoms with Gasteiger partial charge in [-0.05, 0) is 19.8 Å². The summed E-state index contributed by atoms with van der Waals surface area (Å²) in [6, 6.07) is 0. The fraction of sp³-hybridized carbons (Fsp3) is 0.938. The number of aliphatic hydroxyl groups is 1. The lowest BCUT2D eigenvalue weighted by Crippen LogP contribution is -1.93. The number of unbranched alkanes of at least 4 members (excludes halogenated alkanes) is 11. The van der Waals surface area contributed by atoms with Crippen molar-refractivity contribution in [3.63, 3.8) is 0 Å². The summed E-state index contributed by atoms with van der Waals surface area (Å²) in [5.41, 5.74) is 0. The quantitative estimate of drug-likeness (QED) is 0.360. The minimum Gasteiger partial charge on any atom is -0.372 e. The van der Waals surface area contributed by atoms with Crippen molar-refractivity contribution >= 4 is 6.21 Å². The van der Waals surface area contributed by atoms with Crippen molar-refractivity contribution in [2.45, 2.75) is 97.1 Å². The summed E-state index contributed by atoms with van der Waals surface area (Å²) in [4.78, 5) is 3.94. The first kappa shape index (κ1) is 17.6. The molecule has 0 radical (unpaired) electrons. The molecule has 0 fully saturated rings. The Bertz CT molecular complexity index is 178. The number of hydrogen-bond donors (Lipinski definition) is 1. The number of nitrogens with zero attached hydrogens (tertiary/aromatic N) is 1. The first-order valence-corrected chi connectivity index (χ1v) is 7.97. The van der Waals surface area contributed by atoms with Gasteiger partial charge in [0.1, 0.15) is 6.23 Å². The van der Waals surface area contributed by atoms with Crippen molar-refractivity contribution in [2.75, 3.05) is 0 Å². The topological polar surface area (TPSA) is 32.6 Å². The molecule has 1 atom stereocenters. The van der Waals surface area contributed by atoms with Gasteiger partial charge in [-0.15, -0.1) is 0 Å². The highest BCUT2D eigenvalue weighted by molar-refractivity contribution is 5.57. The summed E-state index contributed by atoms with van der Waals surface area (Å²) < 4.78 is 0. The van der Waals surface area contributed by atoms with Crippen molar-refractivity contribution in [3.05, 3.63) is 0 Å². The Balaban J connectivity index is 2.99. The summed E-state index contributed by atoms with van der Waals surface area (Å²) in [6.07, 6.45) is 17.5. The average molecular weight is 255 g/mol. The minimum atomic E-state index is -0.530. The van der Waals surface area contributed by atoms with Crippen molar-refractivity contribution in [2.24, 2.45) is 4.99 Å². The summed E-state index contributed by atoms with van der Waals surface area (Å²) in [6.45, 7) is 3.96. The molecule has 0 aliphatic heterocycles. The van der Waals surface area contributed by atoms with E-state index >= 15 is 0 Å². The smallest absolute Gasteiger partial charge is 0.141 e. The Morgan fingerprint density at radius 2 is 1.28 bits per heavy atom. The summed E-state index contributed by atoms with van der Waals surface area (Å²) >= 11 is 0. The van der Waals surface area contributed by atoms with E-state index < -0.39 is 6.23 Å². The summed E-state index contributed by atoms with van der Waals surface area (Å²) in [5.74, 6) is 0. The van der Waals surface area contributed by atoms with E-state index in [1.807, 2.05) is 6.21 Å². The van der Waals surface area contributed by atoms with Crippen molar-refractivity contribution < 1.29 is 5.11 Å². The van der Waals surface area contributed by atoms with Crippen LogP contribution in [-0.4, -0.2) is 17.5 Å². The fourth-order valence-corrected chi connectivity index (χ4v) is 2.13. The SMILES string of the molecule is CCCCCCCCCCCCCC=NC(C)O. The van der Waals surface area contributed by atoms with Crippen LogP contribution in [0, 0.1) is 0 Å². The molecule has 1 N–H and O–H groups in total. The van der Waals surface area contributed by atoms with E-state index in [2.05, 4.69) is 11.9 Å². The highest BCUT2D eigenvalue weighted by Crippen LogP contribution is 2.11. The third kappa shape index (κ3) is 15.6. The standard InChI is InChI=1S/C16H33NO/c1-3-4-5-6-7-8-9-10-11-12-13-14-15-17-16(2)18/h15-16,18H,3-14H2,1-2H3. The Morgan fingerprint density at radius 1 is 0.833 bits per heavy atom. The molecule has 0 aromatic carbocycles. The molecule has 0 heterocycles. The molecule has 0 aromatic rings. The molecule has 2 heteroatoms. The van der Waals surface area contributed by atoms with Crippen LogP contribution in [0.25, 0.3) is 0 Å². The van der Waals surface area contributed by atoms with Crippen LogP contribution < -0.4 is 0 Å². The molecule has 18 heavy (non-hydrogen) atoms. The van der Waals surface area contributed by atoms with E-state index in [0.29, 0.717) is 0 Å². The van der Waals surface area contributed by atoms with Gasteiger partial charge in [-0.2, -0.15) is 0 Å². The van der Waals surface area contributed by atoms with E-state index in [4.69, 9.17) is 5.11 Å². The monoisotopic (exact) mass is 255 g/mol.